The van der Waals surface area contributed by atoms with E-state index in [0.717, 1.165) is 28.0 Å². The average molecular weight is 481 g/mol. The van der Waals surface area contributed by atoms with Crippen LogP contribution in [0.15, 0.2) is 77.9 Å². The van der Waals surface area contributed by atoms with Crippen LogP contribution in [-0.2, 0) is 13.0 Å². The number of aromatic nitrogens is 3. The zero-order chi connectivity index (χ0) is 23.9. The minimum atomic E-state index is -2.80. The summed E-state index contributed by atoms with van der Waals surface area (Å²) in [7, 11) is 1.58. The van der Waals surface area contributed by atoms with Gasteiger partial charge in [-0.3, -0.25) is 0 Å². The molecule has 34 heavy (non-hydrogen) atoms. The second-order valence-corrected chi connectivity index (χ2v) is 7.76. The molecule has 0 atom stereocenters. The maximum atomic E-state index is 13.1. The zero-order valence-corrected chi connectivity index (χ0v) is 19.1. The summed E-state index contributed by atoms with van der Waals surface area (Å²) in [5.41, 5.74) is 3.71. The molecule has 0 aliphatic heterocycles. The van der Waals surface area contributed by atoms with Crippen molar-refractivity contribution in [1.82, 2.24) is 14.9 Å². The van der Waals surface area contributed by atoms with E-state index < -0.39 is 12.2 Å². The summed E-state index contributed by atoms with van der Waals surface area (Å²) in [6.45, 7) is 0.254. The van der Waals surface area contributed by atoms with Gasteiger partial charge in [0.25, 0.3) is 6.43 Å². The van der Waals surface area contributed by atoms with E-state index in [0.29, 0.717) is 11.3 Å². The highest BCUT2D eigenvalue weighted by Gasteiger charge is 2.16. The van der Waals surface area contributed by atoms with E-state index in [1.165, 1.54) is 11.8 Å². The van der Waals surface area contributed by atoms with E-state index >= 15 is 0 Å². The van der Waals surface area contributed by atoms with Crippen LogP contribution in [0.5, 0.6) is 11.5 Å². The molecule has 4 aromatic rings. The van der Waals surface area contributed by atoms with Gasteiger partial charge in [0.15, 0.2) is 0 Å². The number of benzene rings is 3. The molecular weight excluding hydrogens is 458 g/mol. The maximum absolute atomic E-state index is 13.1. The van der Waals surface area contributed by atoms with Gasteiger partial charge in [-0.15, -0.1) is 0 Å². The molecule has 6 nitrogen and oxygen atoms in total. The zero-order valence-electron chi connectivity index (χ0n) is 18.3. The van der Waals surface area contributed by atoms with E-state index in [1.54, 1.807) is 19.2 Å². The molecule has 0 bridgehead atoms. The number of hydrogen-bond donors (Lipinski definition) is 1. The lowest BCUT2D eigenvalue weighted by atomic mass is 10.0. The molecule has 0 radical (unpaired) electrons. The van der Waals surface area contributed by atoms with Gasteiger partial charge in [0.2, 0.25) is 10.6 Å². The Hall–Kier alpha value is -3.85. The summed E-state index contributed by atoms with van der Waals surface area (Å²) in [4.78, 5) is 0. The lowest BCUT2D eigenvalue weighted by Crippen LogP contribution is -2.03. The Bertz CT molecular complexity index is 1340. The van der Waals surface area contributed by atoms with E-state index in [1.807, 2.05) is 48.5 Å². The van der Waals surface area contributed by atoms with Crippen LogP contribution in [0.3, 0.4) is 0 Å². The monoisotopic (exact) mass is 480 g/mol. The standard InChI is InChI=1S/C25H22F2N4O2S/c1-32-21-12-11-18(15-28-31-24(23(26)27)29-30-25(31)34)14-20(21)16-33-22-10-6-5-9-19(22)13-17-7-3-2-4-8-17/h2-12,14-15,23H,13,16H2,1H3,(H,30,34)/b28-15-. The Labute approximate surface area is 200 Å². The quantitative estimate of drug-likeness (QED) is 0.238. The van der Waals surface area contributed by atoms with Crippen LogP contribution in [-0.4, -0.2) is 28.2 Å². The molecule has 0 fully saturated rings. The normalized spacial score (nSPS) is 11.3. The Morgan fingerprint density at radius 1 is 1.03 bits per heavy atom. The molecule has 1 N–H and O–H groups in total. The number of hydrogen-bond acceptors (Lipinski definition) is 5. The Morgan fingerprint density at radius 3 is 2.56 bits per heavy atom. The van der Waals surface area contributed by atoms with Crippen LogP contribution in [0.1, 0.15) is 34.5 Å². The molecule has 174 valence electrons. The van der Waals surface area contributed by atoms with Gasteiger partial charge in [-0.1, -0.05) is 48.5 Å². The summed E-state index contributed by atoms with van der Waals surface area (Å²) < 4.78 is 38.7. The minimum absolute atomic E-state index is 0.0151. The third-order valence-electron chi connectivity index (χ3n) is 5.09. The predicted molar refractivity (Wildman–Crippen MR) is 128 cm³/mol. The molecule has 0 saturated heterocycles. The van der Waals surface area contributed by atoms with Gasteiger partial charge < -0.3 is 9.47 Å². The van der Waals surface area contributed by atoms with Crippen LogP contribution in [0.25, 0.3) is 0 Å². The number of nitrogens with one attached hydrogen (secondary N) is 1. The number of nitrogens with zero attached hydrogens (tertiary/aromatic N) is 3. The van der Waals surface area contributed by atoms with Gasteiger partial charge in [0, 0.05) is 12.0 Å². The van der Waals surface area contributed by atoms with E-state index in [4.69, 9.17) is 21.7 Å². The SMILES string of the molecule is COc1ccc(/C=N\n2c(C(F)F)n[nH]c2=S)cc1COc1ccccc1Cc1ccccc1. The number of alkyl halides is 2. The van der Waals surface area contributed by atoms with Crippen LogP contribution < -0.4 is 9.47 Å². The number of rotatable bonds is 9. The van der Waals surface area contributed by atoms with E-state index in [-0.39, 0.29) is 11.4 Å². The van der Waals surface area contributed by atoms with Crippen LogP contribution in [0.4, 0.5) is 8.78 Å². The molecule has 0 aliphatic carbocycles. The van der Waals surface area contributed by atoms with E-state index in [9.17, 15) is 8.78 Å². The van der Waals surface area contributed by atoms with E-state index in [2.05, 4.69) is 27.4 Å². The van der Waals surface area contributed by atoms with Gasteiger partial charge >= 0.3 is 0 Å². The van der Waals surface area contributed by atoms with Crippen molar-refractivity contribution in [3.05, 3.63) is 106 Å². The molecule has 1 heterocycles. The summed E-state index contributed by atoms with van der Waals surface area (Å²) in [6, 6.07) is 23.4. The van der Waals surface area contributed by atoms with Gasteiger partial charge in [0.05, 0.1) is 13.3 Å². The highest BCUT2D eigenvalue weighted by molar-refractivity contribution is 7.71. The number of ether oxygens (including phenoxy) is 2. The summed E-state index contributed by atoms with van der Waals surface area (Å²) in [5, 5.41) is 9.91. The lowest BCUT2D eigenvalue weighted by molar-refractivity contribution is 0.136. The van der Waals surface area contributed by atoms with Gasteiger partial charge in [-0.05, 0) is 53.2 Å². The van der Waals surface area contributed by atoms with Gasteiger partial charge in [-0.2, -0.15) is 14.9 Å². The first-order chi connectivity index (χ1) is 16.5. The molecule has 1 aromatic heterocycles. The van der Waals surface area contributed by atoms with Gasteiger partial charge in [-0.25, -0.2) is 13.9 Å². The molecule has 0 spiro atoms. The summed E-state index contributed by atoms with van der Waals surface area (Å²) in [6.07, 6.45) is -0.622. The Morgan fingerprint density at radius 2 is 1.79 bits per heavy atom. The van der Waals surface area contributed by atoms with Crippen molar-refractivity contribution in [3.8, 4) is 11.5 Å². The first-order valence-corrected chi connectivity index (χ1v) is 10.9. The van der Waals surface area contributed by atoms with Crippen LogP contribution in [0.2, 0.25) is 0 Å². The molecular formula is C25H22F2N4O2S. The predicted octanol–water partition coefficient (Wildman–Crippen LogP) is 5.94. The first kappa shape index (κ1) is 23.3. The molecule has 9 heteroatoms. The second kappa shape index (κ2) is 10.8. The third kappa shape index (κ3) is 5.55. The number of halogens is 2. The van der Waals surface area contributed by atoms with Crippen molar-refractivity contribution in [1.29, 1.82) is 0 Å². The molecule has 3 aromatic carbocycles. The lowest BCUT2D eigenvalue weighted by Gasteiger charge is -2.14. The second-order valence-electron chi connectivity index (χ2n) is 7.37. The fourth-order valence-corrected chi connectivity index (χ4v) is 3.62. The number of aromatic amines is 1. The van der Waals surface area contributed by atoms with Gasteiger partial charge in [0.1, 0.15) is 18.1 Å². The van der Waals surface area contributed by atoms with Crippen molar-refractivity contribution >= 4 is 18.4 Å². The van der Waals surface area contributed by atoms with Crippen molar-refractivity contribution in [3.63, 3.8) is 0 Å². The van der Waals surface area contributed by atoms with Crippen molar-refractivity contribution in [2.24, 2.45) is 5.10 Å². The largest absolute Gasteiger partial charge is 0.496 e. The first-order valence-electron chi connectivity index (χ1n) is 10.5. The summed E-state index contributed by atoms with van der Waals surface area (Å²) in [5.74, 6) is 0.873. The van der Waals surface area contributed by atoms with Crippen molar-refractivity contribution < 1.29 is 18.3 Å². The minimum Gasteiger partial charge on any atom is -0.496 e. The average Bonchev–Trinajstić information content (AvgIpc) is 3.23. The Balaban J connectivity index is 1.54. The molecule has 4 rings (SSSR count). The van der Waals surface area contributed by atoms with Crippen LogP contribution >= 0.6 is 12.2 Å². The topological polar surface area (TPSA) is 64.4 Å². The van der Waals surface area contributed by atoms with Crippen molar-refractivity contribution in [2.75, 3.05) is 7.11 Å². The highest BCUT2D eigenvalue weighted by Crippen LogP contribution is 2.26. The summed E-state index contributed by atoms with van der Waals surface area (Å²) >= 11 is 4.99. The smallest absolute Gasteiger partial charge is 0.299 e. The van der Waals surface area contributed by atoms with Crippen LogP contribution in [0, 0.1) is 4.77 Å². The number of methoxy groups -OCH3 is 1. The number of para-hydroxylation sites is 1. The Kier molecular flexibility index (Phi) is 7.44. The molecule has 0 saturated carbocycles. The molecule has 0 aliphatic rings. The third-order valence-corrected chi connectivity index (χ3v) is 5.35. The highest BCUT2D eigenvalue weighted by atomic mass is 32.1. The fraction of sp³-hybridized carbons (Fsp3) is 0.160. The fourth-order valence-electron chi connectivity index (χ4n) is 3.43. The number of H-pyrrole nitrogens is 1. The molecule has 0 amide bonds. The molecule has 0 unspecified atom stereocenters. The maximum Gasteiger partial charge on any atom is 0.299 e. The van der Waals surface area contributed by atoms with Crippen molar-refractivity contribution in [2.45, 2.75) is 19.5 Å².